The number of hydrogen-bond acceptors (Lipinski definition) is 5. The molecule has 112 valence electrons. The molecule has 0 spiro atoms. The topological polar surface area (TPSA) is 60.2 Å². The Morgan fingerprint density at radius 3 is 2.70 bits per heavy atom. The molecule has 0 radical (unpaired) electrons. The maximum absolute atomic E-state index is 6.01. The van der Waals surface area contributed by atoms with Crippen LogP contribution in [0.15, 0.2) is 4.52 Å². The van der Waals surface area contributed by atoms with Crippen LogP contribution in [0.3, 0.4) is 0 Å². The molecule has 0 bridgehead atoms. The molecule has 1 atom stereocenters. The van der Waals surface area contributed by atoms with E-state index in [1.807, 2.05) is 6.92 Å². The molecule has 1 saturated heterocycles. The summed E-state index contributed by atoms with van der Waals surface area (Å²) in [6.45, 7) is 6.93. The first kappa shape index (κ1) is 14.0. The van der Waals surface area contributed by atoms with Crippen molar-refractivity contribution in [1.29, 1.82) is 0 Å². The van der Waals surface area contributed by atoms with E-state index in [0.29, 0.717) is 6.61 Å². The van der Waals surface area contributed by atoms with Crippen LogP contribution in [0, 0.1) is 0 Å². The molecule has 1 N–H and O–H groups in total. The van der Waals surface area contributed by atoms with Gasteiger partial charge in [-0.15, -0.1) is 0 Å². The Hall–Kier alpha value is -0.940. The molecule has 1 aromatic heterocycles. The Bertz CT molecular complexity index is 446. The molecule has 1 saturated carbocycles. The van der Waals surface area contributed by atoms with E-state index in [9.17, 15) is 0 Å². The fraction of sp³-hybridized carbons (Fsp3) is 0.867. The van der Waals surface area contributed by atoms with E-state index in [0.717, 1.165) is 50.5 Å². The highest BCUT2D eigenvalue weighted by Crippen LogP contribution is 2.41. The SMILES string of the molecule is CCOC1(c2noc(C3(C)CCCNC3)n2)CCCC1. The third kappa shape index (κ3) is 2.37. The molecule has 2 heterocycles. The molecular formula is C15H25N3O2. The fourth-order valence-corrected chi connectivity index (χ4v) is 3.55. The van der Waals surface area contributed by atoms with Crippen LogP contribution in [0.1, 0.15) is 64.1 Å². The third-order valence-corrected chi connectivity index (χ3v) is 4.78. The fourth-order valence-electron chi connectivity index (χ4n) is 3.55. The Balaban J connectivity index is 1.85. The van der Waals surface area contributed by atoms with E-state index in [-0.39, 0.29) is 11.0 Å². The van der Waals surface area contributed by atoms with Crippen LogP contribution in [0.25, 0.3) is 0 Å². The van der Waals surface area contributed by atoms with E-state index in [1.54, 1.807) is 0 Å². The quantitative estimate of drug-likeness (QED) is 0.917. The number of rotatable bonds is 4. The lowest BCUT2D eigenvalue weighted by Gasteiger charge is -2.30. The summed E-state index contributed by atoms with van der Waals surface area (Å²) >= 11 is 0. The molecule has 5 heteroatoms. The van der Waals surface area contributed by atoms with Crippen LogP contribution >= 0.6 is 0 Å². The minimum absolute atomic E-state index is 0.0322. The van der Waals surface area contributed by atoms with Crippen molar-refractivity contribution in [1.82, 2.24) is 15.5 Å². The van der Waals surface area contributed by atoms with Crippen LogP contribution < -0.4 is 5.32 Å². The number of piperidine rings is 1. The lowest BCUT2D eigenvalue weighted by molar-refractivity contribution is -0.0469. The molecule has 1 aromatic rings. The van der Waals surface area contributed by atoms with Gasteiger partial charge in [0.05, 0.1) is 5.41 Å². The molecule has 2 aliphatic rings. The van der Waals surface area contributed by atoms with Crippen LogP contribution in [0.2, 0.25) is 0 Å². The van der Waals surface area contributed by atoms with Gasteiger partial charge in [-0.05, 0) is 58.9 Å². The number of nitrogens with zero attached hydrogens (tertiary/aromatic N) is 2. The molecule has 1 aliphatic heterocycles. The summed E-state index contributed by atoms with van der Waals surface area (Å²) in [7, 11) is 0. The highest BCUT2D eigenvalue weighted by atomic mass is 16.5. The van der Waals surface area contributed by atoms with Crippen LogP contribution in [-0.2, 0) is 15.8 Å². The largest absolute Gasteiger partial charge is 0.367 e. The molecule has 0 aromatic carbocycles. The highest BCUT2D eigenvalue weighted by molar-refractivity contribution is 5.11. The van der Waals surface area contributed by atoms with E-state index in [1.165, 1.54) is 12.8 Å². The minimum Gasteiger partial charge on any atom is -0.367 e. The molecular weight excluding hydrogens is 254 g/mol. The van der Waals surface area contributed by atoms with Gasteiger partial charge in [0.2, 0.25) is 11.7 Å². The summed E-state index contributed by atoms with van der Waals surface area (Å²) in [5.41, 5.74) is -0.329. The Morgan fingerprint density at radius 1 is 1.25 bits per heavy atom. The highest BCUT2D eigenvalue weighted by Gasteiger charge is 2.43. The summed E-state index contributed by atoms with van der Waals surface area (Å²) in [5, 5.41) is 7.70. The summed E-state index contributed by atoms with van der Waals surface area (Å²) < 4.78 is 11.6. The van der Waals surface area contributed by atoms with Gasteiger partial charge in [0, 0.05) is 13.2 Å². The lowest BCUT2D eigenvalue weighted by atomic mass is 9.82. The second-order valence-electron chi connectivity index (χ2n) is 6.40. The number of aromatic nitrogens is 2. The summed E-state index contributed by atoms with van der Waals surface area (Å²) in [6.07, 6.45) is 6.64. The Labute approximate surface area is 120 Å². The monoisotopic (exact) mass is 279 g/mol. The molecule has 1 aliphatic carbocycles. The van der Waals surface area contributed by atoms with Crippen molar-refractivity contribution >= 4 is 0 Å². The second-order valence-corrected chi connectivity index (χ2v) is 6.40. The molecule has 3 rings (SSSR count). The first-order valence-corrected chi connectivity index (χ1v) is 7.88. The standard InChI is InChI=1S/C15H25N3O2/c1-3-19-15(8-4-5-9-15)12-17-13(20-18-12)14(2)7-6-10-16-11-14/h16H,3-11H2,1-2H3. The van der Waals surface area contributed by atoms with E-state index in [2.05, 4.69) is 17.4 Å². The van der Waals surface area contributed by atoms with Crippen molar-refractivity contribution in [2.24, 2.45) is 0 Å². The van der Waals surface area contributed by atoms with Gasteiger partial charge in [-0.3, -0.25) is 0 Å². The van der Waals surface area contributed by atoms with Gasteiger partial charge in [0.25, 0.3) is 0 Å². The smallest absolute Gasteiger partial charge is 0.233 e. The minimum atomic E-state index is -0.297. The van der Waals surface area contributed by atoms with Gasteiger partial charge in [0.15, 0.2) is 0 Å². The molecule has 1 unspecified atom stereocenters. The van der Waals surface area contributed by atoms with Gasteiger partial charge in [-0.1, -0.05) is 5.16 Å². The average molecular weight is 279 g/mol. The second kappa shape index (κ2) is 5.45. The van der Waals surface area contributed by atoms with Crippen molar-refractivity contribution in [3.8, 4) is 0 Å². The molecule has 2 fully saturated rings. The number of nitrogens with one attached hydrogen (secondary N) is 1. The van der Waals surface area contributed by atoms with Gasteiger partial charge < -0.3 is 14.6 Å². The molecule has 20 heavy (non-hydrogen) atoms. The van der Waals surface area contributed by atoms with Crippen molar-refractivity contribution in [2.45, 2.75) is 63.4 Å². The van der Waals surface area contributed by atoms with Crippen molar-refractivity contribution in [3.05, 3.63) is 11.7 Å². The van der Waals surface area contributed by atoms with Crippen LogP contribution in [-0.4, -0.2) is 29.8 Å². The predicted molar refractivity (Wildman–Crippen MR) is 75.5 cm³/mol. The summed E-state index contributed by atoms with van der Waals surface area (Å²) in [6, 6.07) is 0. The first-order chi connectivity index (χ1) is 9.69. The molecule has 5 nitrogen and oxygen atoms in total. The zero-order valence-electron chi connectivity index (χ0n) is 12.6. The normalized spacial score (nSPS) is 29.7. The predicted octanol–water partition coefficient (Wildman–Crippen LogP) is 2.52. The van der Waals surface area contributed by atoms with E-state index < -0.39 is 0 Å². The molecule has 0 amide bonds. The van der Waals surface area contributed by atoms with Crippen LogP contribution in [0.5, 0.6) is 0 Å². The number of hydrogen-bond donors (Lipinski definition) is 1. The van der Waals surface area contributed by atoms with Gasteiger partial charge in [0.1, 0.15) is 5.60 Å². The van der Waals surface area contributed by atoms with Gasteiger partial charge in [-0.2, -0.15) is 4.98 Å². The van der Waals surface area contributed by atoms with E-state index in [4.69, 9.17) is 14.2 Å². The van der Waals surface area contributed by atoms with E-state index >= 15 is 0 Å². The van der Waals surface area contributed by atoms with Crippen molar-refractivity contribution in [2.75, 3.05) is 19.7 Å². The Kier molecular flexibility index (Phi) is 3.82. The van der Waals surface area contributed by atoms with Crippen molar-refractivity contribution < 1.29 is 9.26 Å². The maximum Gasteiger partial charge on any atom is 0.233 e. The summed E-state index contributed by atoms with van der Waals surface area (Å²) in [5.74, 6) is 1.53. The zero-order chi connectivity index (χ0) is 14.1. The van der Waals surface area contributed by atoms with Gasteiger partial charge in [-0.25, -0.2) is 0 Å². The third-order valence-electron chi connectivity index (χ3n) is 4.78. The zero-order valence-corrected chi connectivity index (χ0v) is 12.6. The van der Waals surface area contributed by atoms with Crippen molar-refractivity contribution in [3.63, 3.8) is 0 Å². The van der Waals surface area contributed by atoms with Crippen LogP contribution in [0.4, 0.5) is 0 Å². The summed E-state index contributed by atoms with van der Waals surface area (Å²) in [4.78, 5) is 4.74. The lowest BCUT2D eigenvalue weighted by Crippen LogP contribution is -2.41. The number of ether oxygens (including phenoxy) is 1. The average Bonchev–Trinajstić information content (AvgIpc) is 3.09. The maximum atomic E-state index is 6.01. The first-order valence-electron chi connectivity index (χ1n) is 7.88. The Morgan fingerprint density at radius 2 is 2.05 bits per heavy atom. The van der Waals surface area contributed by atoms with Gasteiger partial charge >= 0.3 is 0 Å².